The first-order valence-electron chi connectivity index (χ1n) is 4.72. The number of nitriles is 1. The van der Waals surface area contributed by atoms with E-state index in [1.165, 1.54) is 0 Å². The average Bonchev–Trinajstić information content (AvgIpc) is 2.59. The molecule has 1 aromatic heterocycles. The van der Waals surface area contributed by atoms with Gasteiger partial charge < -0.3 is 4.74 Å². The molecule has 0 aliphatic rings. The highest BCUT2D eigenvalue weighted by atomic mass is 32.2. The summed E-state index contributed by atoms with van der Waals surface area (Å²) in [6.07, 6.45) is 0.438. The highest BCUT2D eigenvalue weighted by Crippen LogP contribution is 2.23. The Bertz CT molecular complexity index is 344. The third-order valence-corrected chi connectivity index (χ3v) is 3.94. The van der Waals surface area contributed by atoms with Gasteiger partial charge in [-0.05, 0) is 5.75 Å². The maximum Gasteiger partial charge on any atom is 0.103 e. The minimum absolute atomic E-state index is 0.438. The molecular weight excluding hydrogens is 228 g/mol. The first-order chi connectivity index (χ1) is 7.31. The number of nitrogens with zero attached hydrogens (tertiary/aromatic N) is 2. The Morgan fingerprint density at radius 2 is 2.40 bits per heavy atom. The van der Waals surface area contributed by atoms with Crippen LogP contribution in [0.15, 0.2) is 0 Å². The lowest BCUT2D eigenvalue weighted by Crippen LogP contribution is -1.92. The number of thioether (sulfide) groups is 1. The van der Waals surface area contributed by atoms with Gasteiger partial charge in [-0.15, -0.1) is 11.3 Å². The number of rotatable bonds is 6. The van der Waals surface area contributed by atoms with Gasteiger partial charge in [-0.2, -0.15) is 17.0 Å². The number of aromatic nitrogens is 1. The monoisotopic (exact) mass is 242 g/mol. The van der Waals surface area contributed by atoms with Crippen LogP contribution in [0.5, 0.6) is 0 Å². The highest BCUT2D eigenvalue weighted by Gasteiger charge is 2.10. The van der Waals surface area contributed by atoms with E-state index in [2.05, 4.69) is 18.0 Å². The van der Waals surface area contributed by atoms with Crippen LogP contribution in [0.4, 0.5) is 0 Å². The van der Waals surface area contributed by atoms with Crippen molar-refractivity contribution in [1.82, 2.24) is 4.98 Å². The van der Waals surface area contributed by atoms with Gasteiger partial charge in [-0.3, -0.25) is 0 Å². The fourth-order valence-electron chi connectivity index (χ4n) is 1.15. The van der Waals surface area contributed by atoms with E-state index in [1.54, 1.807) is 18.4 Å². The maximum atomic E-state index is 8.68. The topological polar surface area (TPSA) is 45.9 Å². The molecule has 82 valence electrons. The van der Waals surface area contributed by atoms with Crippen LogP contribution < -0.4 is 0 Å². The number of methoxy groups -OCH3 is 1. The van der Waals surface area contributed by atoms with E-state index < -0.39 is 0 Å². The van der Waals surface area contributed by atoms with Crippen LogP contribution in [0.1, 0.15) is 22.5 Å². The summed E-state index contributed by atoms with van der Waals surface area (Å²) in [5.74, 6) is 2.02. The minimum atomic E-state index is 0.438. The summed E-state index contributed by atoms with van der Waals surface area (Å²) in [7, 11) is 1.65. The van der Waals surface area contributed by atoms with Crippen molar-refractivity contribution in [3.8, 4) is 6.07 Å². The molecule has 1 heterocycles. The van der Waals surface area contributed by atoms with Crippen LogP contribution in [0.3, 0.4) is 0 Å². The first-order valence-corrected chi connectivity index (χ1v) is 6.70. The normalized spacial score (nSPS) is 10.2. The van der Waals surface area contributed by atoms with Gasteiger partial charge in [0.2, 0.25) is 0 Å². The molecule has 0 N–H and O–H groups in total. The summed E-state index contributed by atoms with van der Waals surface area (Å²) in [6.45, 7) is 2.63. The molecule has 0 amide bonds. The molecule has 0 aliphatic heterocycles. The molecule has 0 unspecified atom stereocenters. The van der Waals surface area contributed by atoms with Crippen LogP contribution in [0.2, 0.25) is 0 Å². The zero-order valence-corrected chi connectivity index (χ0v) is 10.6. The fourth-order valence-corrected chi connectivity index (χ4v) is 2.88. The van der Waals surface area contributed by atoms with E-state index in [0.717, 1.165) is 27.1 Å². The van der Waals surface area contributed by atoms with Gasteiger partial charge in [0, 0.05) is 17.7 Å². The molecule has 5 heteroatoms. The smallest absolute Gasteiger partial charge is 0.103 e. The van der Waals surface area contributed by atoms with Crippen molar-refractivity contribution < 1.29 is 4.74 Å². The molecular formula is C10H14N2OS2. The molecule has 0 saturated carbocycles. The van der Waals surface area contributed by atoms with Crippen LogP contribution in [-0.4, -0.2) is 17.8 Å². The fraction of sp³-hybridized carbons (Fsp3) is 0.600. The Morgan fingerprint density at radius 3 is 3.00 bits per heavy atom. The Labute approximate surface area is 98.5 Å². The van der Waals surface area contributed by atoms with Crippen molar-refractivity contribution in [2.45, 2.75) is 25.7 Å². The molecule has 0 aliphatic carbocycles. The van der Waals surface area contributed by atoms with Gasteiger partial charge in [-0.1, -0.05) is 6.92 Å². The third kappa shape index (κ3) is 3.82. The summed E-state index contributed by atoms with van der Waals surface area (Å²) >= 11 is 3.47. The molecule has 0 fully saturated rings. The zero-order chi connectivity index (χ0) is 11.1. The third-order valence-electron chi connectivity index (χ3n) is 1.77. The molecule has 0 saturated heterocycles. The van der Waals surface area contributed by atoms with E-state index in [1.807, 2.05) is 11.8 Å². The van der Waals surface area contributed by atoms with E-state index >= 15 is 0 Å². The number of hydrogen-bond donors (Lipinski definition) is 0. The van der Waals surface area contributed by atoms with Gasteiger partial charge in [0.1, 0.15) is 5.01 Å². The van der Waals surface area contributed by atoms with Gasteiger partial charge in [0.15, 0.2) is 0 Å². The molecule has 0 radical (unpaired) electrons. The van der Waals surface area contributed by atoms with Crippen molar-refractivity contribution in [2.24, 2.45) is 0 Å². The standard InChI is InChI=1S/C10H14N2OS2/c1-3-14-7-10-12-8(6-13-2)9(15-10)4-5-11/h3-4,6-7H2,1-2H3. The van der Waals surface area contributed by atoms with Crippen molar-refractivity contribution in [1.29, 1.82) is 5.26 Å². The van der Waals surface area contributed by atoms with E-state index in [4.69, 9.17) is 10.00 Å². The van der Waals surface area contributed by atoms with E-state index in [-0.39, 0.29) is 0 Å². The van der Waals surface area contributed by atoms with Crippen LogP contribution in [0, 0.1) is 11.3 Å². The summed E-state index contributed by atoms with van der Waals surface area (Å²) in [5, 5.41) is 9.78. The van der Waals surface area contributed by atoms with Gasteiger partial charge in [-0.25, -0.2) is 4.98 Å². The van der Waals surface area contributed by atoms with Crippen LogP contribution >= 0.6 is 23.1 Å². The summed E-state index contributed by atoms with van der Waals surface area (Å²) in [6, 6.07) is 2.16. The summed E-state index contributed by atoms with van der Waals surface area (Å²) in [4.78, 5) is 5.52. The predicted octanol–water partition coefficient (Wildman–Crippen LogP) is 2.61. The van der Waals surface area contributed by atoms with Crippen molar-refractivity contribution in [3.05, 3.63) is 15.6 Å². The minimum Gasteiger partial charge on any atom is -0.378 e. The second-order valence-electron chi connectivity index (χ2n) is 2.88. The van der Waals surface area contributed by atoms with Gasteiger partial charge >= 0.3 is 0 Å². The molecule has 0 bridgehead atoms. The van der Waals surface area contributed by atoms with Crippen molar-refractivity contribution in [3.63, 3.8) is 0 Å². The first kappa shape index (κ1) is 12.5. The largest absolute Gasteiger partial charge is 0.378 e. The van der Waals surface area contributed by atoms with Crippen molar-refractivity contribution in [2.75, 3.05) is 12.9 Å². The molecule has 1 aromatic rings. The number of hydrogen-bond acceptors (Lipinski definition) is 5. The lowest BCUT2D eigenvalue weighted by molar-refractivity contribution is 0.181. The quantitative estimate of drug-likeness (QED) is 0.769. The van der Waals surface area contributed by atoms with Gasteiger partial charge in [0.25, 0.3) is 0 Å². The van der Waals surface area contributed by atoms with Gasteiger partial charge in [0.05, 0.1) is 24.8 Å². The highest BCUT2D eigenvalue weighted by molar-refractivity contribution is 7.98. The Balaban J connectivity index is 2.74. The SMILES string of the molecule is CCSCc1nc(COC)c(CC#N)s1. The lowest BCUT2D eigenvalue weighted by atomic mass is 10.3. The summed E-state index contributed by atoms with van der Waals surface area (Å²) in [5.41, 5.74) is 0.927. The Hall–Kier alpha value is -0.570. The molecule has 1 rings (SSSR count). The molecule has 3 nitrogen and oxygen atoms in total. The van der Waals surface area contributed by atoms with Crippen molar-refractivity contribution >= 4 is 23.1 Å². The molecule has 0 aromatic carbocycles. The second-order valence-corrected chi connectivity index (χ2v) is 5.32. The predicted molar refractivity (Wildman–Crippen MR) is 64.0 cm³/mol. The van der Waals surface area contributed by atoms with E-state index in [9.17, 15) is 0 Å². The Morgan fingerprint density at radius 1 is 1.60 bits per heavy atom. The summed E-state index contributed by atoms with van der Waals surface area (Å²) < 4.78 is 5.06. The number of ether oxygens (including phenoxy) is 1. The molecule has 15 heavy (non-hydrogen) atoms. The van der Waals surface area contributed by atoms with Crippen LogP contribution in [-0.2, 0) is 23.5 Å². The molecule has 0 spiro atoms. The average molecular weight is 242 g/mol. The molecule has 0 atom stereocenters. The van der Waals surface area contributed by atoms with Crippen LogP contribution in [0.25, 0.3) is 0 Å². The maximum absolute atomic E-state index is 8.68. The second kappa shape index (κ2) is 6.83. The van der Waals surface area contributed by atoms with E-state index in [0.29, 0.717) is 13.0 Å². The zero-order valence-electron chi connectivity index (χ0n) is 8.95. The lowest BCUT2D eigenvalue weighted by Gasteiger charge is -1.95. The number of thiazole rings is 1. The Kier molecular flexibility index (Phi) is 5.69.